The highest BCUT2D eigenvalue weighted by molar-refractivity contribution is 6.22. The van der Waals surface area contributed by atoms with Gasteiger partial charge in [0.25, 0.3) is 0 Å². The lowest BCUT2D eigenvalue weighted by Crippen LogP contribution is -2.43. The quantitative estimate of drug-likeness (QED) is 0.172. The second kappa shape index (κ2) is 10.4. The summed E-state index contributed by atoms with van der Waals surface area (Å²) in [7, 11) is 0. The summed E-state index contributed by atoms with van der Waals surface area (Å²) in [5.41, 5.74) is 17.5. The van der Waals surface area contributed by atoms with Gasteiger partial charge in [0.2, 0.25) is 34.2 Å². The van der Waals surface area contributed by atoms with Crippen LogP contribution in [0.5, 0.6) is 0 Å². The Labute approximate surface area is 301 Å². The zero-order valence-electron chi connectivity index (χ0n) is 28.3. The summed E-state index contributed by atoms with van der Waals surface area (Å²) in [4.78, 5) is 2.55. The van der Waals surface area contributed by atoms with E-state index in [0.717, 1.165) is 0 Å². The molecule has 0 amide bonds. The Morgan fingerprint density at radius 2 is 1.23 bits per heavy atom. The second-order valence-electron chi connectivity index (χ2n) is 14.1. The zero-order valence-corrected chi connectivity index (χ0v) is 28.3. The predicted octanol–water partition coefficient (Wildman–Crippen LogP) is 11.2. The first-order valence-electron chi connectivity index (χ1n) is 18.1. The van der Waals surface area contributed by atoms with Crippen LogP contribution >= 0.6 is 0 Å². The molecule has 0 radical (unpaired) electrons. The van der Waals surface area contributed by atoms with Crippen LogP contribution in [0.3, 0.4) is 0 Å². The lowest BCUT2D eigenvalue weighted by Gasteiger charge is -2.32. The number of allylic oxidation sites excluding steroid dienone is 6. The SMILES string of the molecule is C1=CC2=[N+](c3ccccc3)c3ccccc3N3c4ccc(-c5ccc6c(c5)c5cccc7c5n6C5C=CC=CC5=[N+]7c5ccccc5)cc4C(=C1)C23. The van der Waals surface area contributed by atoms with Crippen LogP contribution in [-0.2, 0) is 0 Å². The number of hydrogen-bond acceptors (Lipinski definition) is 1. The van der Waals surface area contributed by atoms with Crippen LogP contribution in [0.15, 0.2) is 182 Å². The maximum Gasteiger partial charge on any atom is 0.235 e. The number of aromatic nitrogens is 1. The molecule has 52 heavy (non-hydrogen) atoms. The van der Waals surface area contributed by atoms with Crippen LogP contribution in [0.1, 0.15) is 11.6 Å². The van der Waals surface area contributed by atoms with Gasteiger partial charge in [0.15, 0.2) is 0 Å². The summed E-state index contributed by atoms with van der Waals surface area (Å²) in [5.74, 6) is 0. The number of nitrogens with zero attached hydrogens (tertiary/aromatic N) is 4. The fraction of sp³-hybridized carbons (Fsp3) is 0.0417. The Balaban J connectivity index is 1.03. The van der Waals surface area contributed by atoms with Gasteiger partial charge < -0.3 is 9.47 Å². The van der Waals surface area contributed by atoms with E-state index in [4.69, 9.17) is 0 Å². The van der Waals surface area contributed by atoms with Crippen LogP contribution in [0, 0.1) is 0 Å². The molecule has 1 aromatic heterocycles. The van der Waals surface area contributed by atoms with Crippen LogP contribution in [0.4, 0.5) is 34.1 Å². The number of fused-ring (bicyclic) bond motifs is 10. The molecule has 0 bridgehead atoms. The van der Waals surface area contributed by atoms with Crippen molar-refractivity contribution in [3.05, 3.63) is 188 Å². The number of anilines is 2. The monoisotopic (exact) mass is 664 g/mol. The molecule has 2 unspecified atom stereocenters. The van der Waals surface area contributed by atoms with E-state index in [1.165, 1.54) is 89.6 Å². The van der Waals surface area contributed by atoms with Crippen LogP contribution in [-0.4, -0.2) is 22.0 Å². The second-order valence-corrected chi connectivity index (χ2v) is 14.1. The standard InChI is InChI=1S/C48H32N4/c1-3-13-33(14-4-1)49-41-19-7-9-21-43(41)51-39-27-25-31(29-37(39)35-17-11-23-45(49)47(35)51)32-26-28-40-38(30-32)36-18-12-24-46-48(36)52(40)44-22-10-8-20-42(44)50(46)34-15-5-2-6-16-34/h1-30,43,48H/q+2. The molecule has 5 aliphatic rings. The summed E-state index contributed by atoms with van der Waals surface area (Å²) in [5, 5.41) is 2.57. The minimum absolute atomic E-state index is 0.110. The van der Waals surface area contributed by atoms with Gasteiger partial charge >= 0.3 is 0 Å². The fourth-order valence-electron chi connectivity index (χ4n) is 9.41. The van der Waals surface area contributed by atoms with Gasteiger partial charge in [-0.25, -0.2) is 0 Å². The molecule has 2 atom stereocenters. The Morgan fingerprint density at radius 3 is 2.08 bits per heavy atom. The average molecular weight is 665 g/mol. The molecule has 2 aliphatic carbocycles. The van der Waals surface area contributed by atoms with Crippen molar-refractivity contribution in [1.29, 1.82) is 0 Å². The molecule has 0 N–H and O–H groups in total. The highest BCUT2D eigenvalue weighted by Crippen LogP contribution is 2.53. The number of hydrogen-bond donors (Lipinski definition) is 0. The third-order valence-corrected chi connectivity index (χ3v) is 11.5. The molecule has 0 fully saturated rings. The molecular weight excluding hydrogens is 633 g/mol. The molecule has 0 spiro atoms. The molecule has 12 rings (SSSR count). The van der Waals surface area contributed by atoms with E-state index in [1.54, 1.807) is 0 Å². The molecule has 242 valence electrons. The highest BCUT2D eigenvalue weighted by Gasteiger charge is 2.48. The Kier molecular flexibility index (Phi) is 5.58. The van der Waals surface area contributed by atoms with Gasteiger partial charge in [-0.05, 0) is 47.0 Å². The summed E-state index contributed by atoms with van der Waals surface area (Å²) in [6.07, 6.45) is 15.8. The van der Waals surface area contributed by atoms with E-state index >= 15 is 0 Å². The van der Waals surface area contributed by atoms with Crippen LogP contribution in [0.25, 0.3) is 38.5 Å². The Morgan fingerprint density at radius 1 is 0.519 bits per heavy atom. The van der Waals surface area contributed by atoms with E-state index in [-0.39, 0.29) is 12.1 Å². The molecule has 0 saturated carbocycles. The van der Waals surface area contributed by atoms with Gasteiger partial charge in [0, 0.05) is 64.9 Å². The van der Waals surface area contributed by atoms with E-state index in [1.807, 2.05) is 0 Å². The third kappa shape index (κ3) is 3.65. The first-order chi connectivity index (χ1) is 25.8. The smallest absolute Gasteiger partial charge is 0.235 e. The molecule has 4 heterocycles. The zero-order chi connectivity index (χ0) is 33.9. The average Bonchev–Trinajstić information content (AvgIpc) is 3.73. The highest BCUT2D eigenvalue weighted by atomic mass is 15.3. The normalized spacial score (nSPS) is 18.8. The fourth-order valence-corrected chi connectivity index (χ4v) is 9.41. The Bertz CT molecular complexity index is 2900. The van der Waals surface area contributed by atoms with Crippen molar-refractivity contribution in [2.45, 2.75) is 12.1 Å². The first-order valence-corrected chi connectivity index (χ1v) is 18.1. The van der Waals surface area contributed by atoms with Crippen LogP contribution < -0.4 is 14.1 Å². The molecule has 6 aromatic carbocycles. The first kappa shape index (κ1) is 28.0. The molecule has 7 aromatic rings. The maximum absolute atomic E-state index is 2.55. The van der Waals surface area contributed by atoms with E-state index < -0.39 is 0 Å². The molecule has 3 aliphatic heterocycles. The van der Waals surface area contributed by atoms with Crippen LogP contribution in [0.2, 0.25) is 0 Å². The van der Waals surface area contributed by atoms with Crippen molar-refractivity contribution >= 4 is 72.9 Å². The van der Waals surface area contributed by atoms with Crippen molar-refractivity contribution < 1.29 is 0 Å². The largest absolute Gasteiger partial charge is 0.318 e. The van der Waals surface area contributed by atoms with Gasteiger partial charge in [0.05, 0.1) is 11.2 Å². The molecular formula is C48H32N4+2. The number of rotatable bonds is 3. The maximum atomic E-state index is 2.55. The lowest BCUT2D eigenvalue weighted by molar-refractivity contribution is 0.781. The van der Waals surface area contributed by atoms with Crippen molar-refractivity contribution in [1.82, 2.24) is 13.7 Å². The van der Waals surface area contributed by atoms with Crippen molar-refractivity contribution in [2.24, 2.45) is 0 Å². The lowest BCUT2D eigenvalue weighted by atomic mass is 9.91. The van der Waals surface area contributed by atoms with Gasteiger partial charge in [-0.1, -0.05) is 103 Å². The summed E-state index contributed by atoms with van der Waals surface area (Å²) in [6.45, 7) is 0. The summed E-state index contributed by atoms with van der Waals surface area (Å²) < 4.78 is 7.43. The number of para-hydroxylation sites is 5. The van der Waals surface area contributed by atoms with Crippen molar-refractivity contribution in [2.75, 3.05) is 4.90 Å². The minimum atomic E-state index is 0.110. The molecule has 4 nitrogen and oxygen atoms in total. The summed E-state index contributed by atoms with van der Waals surface area (Å²) >= 11 is 0. The van der Waals surface area contributed by atoms with Gasteiger partial charge in [-0.2, -0.15) is 9.15 Å². The third-order valence-electron chi connectivity index (χ3n) is 11.5. The van der Waals surface area contributed by atoms with E-state index in [2.05, 4.69) is 201 Å². The topological polar surface area (TPSA) is 14.2 Å². The van der Waals surface area contributed by atoms with Crippen molar-refractivity contribution in [3.63, 3.8) is 0 Å². The van der Waals surface area contributed by atoms with Gasteiger partial charge in [-0.3, -0.25) is 0 Å². The molecule has 0 saturated heterocycles. The Hall–Kier alpha value is -6.78. The molecule has 4 heteroatoms. The number of benzene rings is 6. The predicted molar refractivity (Wildman–Crippen MR) is 217 cm³/mol. The van der Waals surface area contributed by atoms with E-state index in [9.17, 15) is 0 Å². The summed E-state index contributed by atoms with van der Waals surface area (Å²) in [6, 6.07) is 51.5. The van der Waals surface area contributed by atoms with Gasteiger partial charge in [-0.15, -0.1) is 0 Å². The van der Waals surface area contributed by atoms with E-state index in [0.29, 0.717) is 0 Å². The minimum Gasteiger partial charge on any atom is -0.318 e. The van der Waals surface area contributed by atoms with Crippen molar-refractivity contribution in [3.8, 4) is 11.1 Å². The van der Waals surface area contributed by atoms with Gasteiger partial charge in [0.1, 0.15) is 23.3 Å².